The van der Waals surface area contributed by atoms with Crippen molar-refractivity contribution in [3.8, 4) is 5.75 Å². The van der Waals surface area contributed by atoms with Crippen molar-refractivity contribution in [2.24, 2.45) is 0 Å². The Morgan fingerprint density at radius 2 is 1.81 bits per heavy atom. The predicted molar refractivity (Wildman–Crippen MR) is 131 cm³/mol. The lowest BCUT2D eigenvalue weighted by molar-refractivity contribution is -0.274. The fraction of sp³-hybridized carbons (Fsp3) is 0.333. The van der Waals surface area contributed by atoms with Crippen LogP contribution in [0.1, 0.15) is 19.8 Å². The van der Waals surface area contributed by atoms with Crippen LogP contribution < -0.4 is 25.2 Å². The first-order chi connectivity index (χ1) is 17.2. The Labute approximate surface area is 206 Å². The van der Waals surface area contributed by atoms with Crippen molar-refractivity contribution in [2.45, 2.75) is 32.2 Å². The lowest BCUT2D eigenvalue weighted by Crippen LogP contribution is -2.44. The molecule has 0 unspecified atom stereocenters. The summed E-state index contributed by atoms with van der Waals surface area (Å²) >= 11 is 0. The molecule has 1 aliphatic heterocycles. The summed E-state index contributed by atoms with van der Waals surface area (Å²) in [7, 11) is 1.78. The van der Waals surface area contributed by atoms with Crippen molar-refractivity contribution in [2.75, 3.05) is 40.6 Å². The summed E-state index contributed by atoms with van der Waals surface area (Å²) in [6.07, 6.45) is -1.94. The predicted octanol–water partition coefficient (Wildman–Crippen LogP) is 4.58. The van der Waals surface area contributed by atoms with Crippen LogP contribution in [-0.4, -0.2) is 53.4 Å². The third-order valence-corrected chi connectivity index (χ3v) is 5.76. The maximum atomic E-state index is 12.8. The molecule has 36 heavy (non-hydrogen) atoms. The van der Waals surface area contributed by atoms with Gasteiger partial charge in [-0.25, -0.2) is 9.97 Å². The largest absolute Gasteiger partial charge is 0.573 e. The molecule has 2 heterocycles. The molecule has 1 fully saturated rings. The summed E-state index contributed by atoms with van der Waals surface area (Å²) in [4.78, 5) is 28.1. The van der Waals surface area contributed by atoms with Crippen molar-refractivity contribution in [3.05, 3.63) is 54.9 Å². The summed E-state index contributed by atoms with van der Waals surface area (Å²) in [5, 5.41) is 5.84. The van der Waals surface area contributed by atoms with Crippen molar-refractivity contribution >= 4 is 34.9 Å². The van der Waals surface area contributed by atoms with Gasteiger partial charge in [0.2, 0.25) is 17.8 Å². The molecule has 4 rings (SSSR count). The van der Waals surface area contributed by atoms with Gasteiger partial charge in [0.1, 0.15) is 6.33 Å². The van der Waals surface area contributed by atoms with Gasteiger partial charge in [0.15, 0.2) is 5.75 Å². The topological polar surface area (TPSA) is 95.5 Å². The zero-order valence-corrected chi connectivity index (χ0v) is 19.8. The molecule has 1 saturated heterocycles. The molecular weight excluding hydrogens is 475 g/mol. The Hall–Kier alpha value is -4.09. The molecule has 190 valence electrons. The van der Waals surface area contributed by atoms with Gasteiger partial charge in [-0.2, -0.15) is 4.98 Å². The third-order valence-electron chi connectivity index (χ3n) is 5.76. The first kappa shape index (κ1) is 25.0. The number of anilines is 5. The molecule has 2 aromatic carbocycles. The van der Waals surface area contributed by atoms with Gasteiger partial charge in [-0.1, -0.05) is 18.2 Å². The second kappa shape index (κ2) is 10.7. The highest BCUT2D eigenvalue weighted by molar-refractivity contribution is 5.89. The van der Waals surface area contributed by atoms with Gasteiger partial charge < -0.3 is 25.2 Å². The number of alkyl halides is 3. The highest BCUT2D eigenvalue weighted by Crippen LogP contribution is 2.34. The number of nitrogens with one attached hydrogen (secondary N) is 2. The van der Waals surface area contributed by atoms with E-state index in [4.69, 9.17) is 0 Å². The number of piperidine rings is 1. The van der Waals surface area contributed by atoms with E-state index in [0.29, 0.717) is 54.9 Å². The van der Waals surface area contributed by atoms with E-state index in [-0.39, 0.29) is 17.7 Å². The lowest BCUT2D eigenvalue weighted by atomic mass is 10.0. The number of aromatic nitrogens is 3. The fourth-order valence-electron chi connectivity index (χ4n) is 4.12. The van der Waals surface area contributed by atoms with E-state index in [1.165, 1.54) is 25.4 Å². The molecule has 12 heteroatoms. The van der Waals surface area contributed by atoms with E-state index in [9.17, 15) is 18.0 Å². The van der Waals surface area contributed by atoms with Gasteiger partial charge in [0.05, 0.1) is 5.69 Å². The summed E-state index contributed by atoms with van der Waals surface area (Å²) in [5.41, 5.74) is 1.75. The van der Waals surface area contributed by atoms with Crippen LogP contribution in [0.25, 0.3) is 0 Å². The molecule has 0 saturated carbocycles. The highest BCUT2D eigenvalue weighted by Gasteiger charge is 2.33. The molecule has 1 amide bonds. The normalized spacial score (nSPS) is 14.3. The molecule has 0 atom stereocenters. The maximum Gasteiger partial charge on any atom is 0.573 e. The van der Waals surface area contributed by atoms with Crippen molar-refractivity contribution in [1.29, 1.82) is 0 Å². The Kier molecular flexibility index (Phi) is 7.41. The molecule has 3 aromatic rings. The van der Waals surface area contributed by atoms with E-state index in [2.05, 4.69) is 30.3 Å². The molecule has 1 aromatic heterocycles. The smallest absolute Gasteiger partial charge is 0.404 e. The first-order valence-corrected chi connectivity index (χ1v) is 11.3. The molecule has 2 N–H and O–H groups in total. The summed E-state index contributed by atoms with van der Waals surface area (Å²) in [6.45, 7) is 2.69. The van der Waals surface area contributed by atoms with E-state index >= 15 is 0 Å². The third kappa shape index (κ3) is 6.52. The molecule has 9 nitrogen and oxygen atoms in total. The zero-order valence-electron chi connectivity index (χ0n) is 19.8. The number of halogens is 3. The second-order valence-corrected chi connectivity index (χ2v) is 8.34. The van der Waals surface area contributed by atoms with Crippen molar-refractivity contribution in [3.63, 3.8) is 0 Å². The number of amides is 1. The number of carbonyl (C=O) groups excluding carboxylic acids is 1. The standard InChI is InChI=1S/C24H26F3N7O2/c1-16(35)30-17-6-5-7-18(14-17)31-22-28-15-29-23(32-22)34-12-10-19(11-13-34)33(2)20-8-3-4-9-21(20)36-24(25,26)27/h3-9,14-15,19H,10-13H2,1-2H3,(H,30,35)(H,28,29,31,32). The number of ether oxygens (including phenoxy) is 1. The fourth-order valence-corrected chi connectivity index (χ4v) is 4.12. The number of benzene rings is 2. The van der Waals surface area contributed by atoms with Crippen LogP contribution in [0.15, 0.2) is 54.9 Å². The van der Waals surface area contributed by atoms with Crippen LogP contribution in [0.5, 0.6) is 5.75 Å². The summed E-state index contributed by atoms with van der Waals surface area (Å²) in [5.74, 6) is 0.482. The van der Waals surface area contributed by atoms with Crippen LogP contribution in [0.3, 0.4) is 0 Å². The monoisotopic (exact) mass is 501 g/mol. The minimum absolute atomic E-state index is 0.0233. The average Bonchev–Trinajstić information content (AvgIpc) is 2.83. The van der Waals surface area contributed by atoms with Gasteiger partial charge in [0.25, 0.3) is 0 Å². The van der Waals surface area contributed by atoms with Gasteiger partial charge in [0, 0.05) is 44.5 Å². The summed E-state index contributed by atoms with van der Waals surface area (Å²) < 4.78 is 42.7. The molecule has 1 aliphatic rings. The van der Waals surface area contributed by atoms with Gasteiger partial charge in [-0.05, 0) is 43.2 Å². The minimum Gasteiger partial charge on any atom is -0.404 e. The van der Waals surface area contributed by atoms with Gasteiger partial charge in [-0.15, -0.1) is 13.2 Å². The second-order valence-electron chi connectivity index (χ2n) is 8.34. The number of rotatable bonds is 7. The number of carbonyl (C=O) groups is 1. The summed E-state index contributed by atoms with van der Waals surface area (Å²) in [6, 6.07) is 13.4. The van der Waals surface area contributed by atoms with E-state index in [1.54, 1.807) is 37.4 Å². The molecule has 0 aliphatic carbocycles. The minimum atomic E-state index is -4.75. The van der Waals surface area contributed by atoms with Crippen molar-refractivity contribution in [1.82, 2.24) is 15.0 Å². The van der Waals surface area contributed by atoms with Crippen LogP contribution in [0, 0.1) is 0 Å². The Morgan fingerprint density at radius 1 is 1.08 bits per heavy atom. The van der Waals surface area contributed by atoms with Gasteiger partial charge >= 0.3 is 6.36 Å². The first-order valence-electron chi connectivity index (χ1n) is 11.3. The number of nitrogens with zero attached hydrogens (tertiary/aromatic N) is 5. The van der Waals surface area contributed by atoms with Crippen LogP contribution in [0.4, 0.5) is 42.1 Å². The Balaban J connectivity index is 1.39. The zero-order chi connectivity index (χ0) is 25.7. The number of hydrogen-bond donors (Lipinski definition) is 2. The number of para-hydroxylation sites is 2. The highest BCUT2D eigenvalue weighted by atomic mass is 19.4. The lowest BCUT2D eigenvalue weighted by Gasteiger charge is -2.38. The molecule has 0 radical (unpaired) electrons. The quantitative estimate of drug-likeness (QED) is 0.486. The van der Waals surface area contributed by atoms with Crippen LogP contribution in [0.2, 0.25) is 0 Å². The Morgan fingerprint density at radius 3 is 2.53 bits per heavy atom. The van der Waals surface area contributed by atoms with Crippen LogP contribution in [-0.2, 0) is 4.79 Å². The molecule has 0 spiro atoms. The molecular formula is C24H26F3N7O2. The van der Waals surface area contributed by atoms with E-state index in [0.717, 1.165) is 0 Å². The molecule has 0 bridgehead atoms. The van der Waals surface area contributed by atoms with E-state index in [1.807, 2.05) is 15.9 Å². The maximum absolute atomic E-state index is 12.8. The van der Waals surface area contributed by atoms with E-state index < -0.39 is 6.36 Å². The SMILES string of the molecule is CC(=O)Nc1cccc(Nc2ncnc(N3CCC(N(C)c4ccccc4OC(F)(F)F)CC3)n2)c1. The van der Waals surface area contributed by atoms with Crippen LogP contribution >= 0.6 is 0 Å². The Bertz CT molecular complexity index is 1200. The average molecular weight is 502 g/mol. The van der Waals surface area contributed by atoms with Gasteiger partial charge in [-0.3, -0.25) is 4.79 Å². The number of hydrogen-bond acceptors (Lipinski definition) is 8. The van der Waals surface area contributed by atoms with Crippen molar-refractivity contribution < 1.29 is 22.7 Å².